The Balaban J connectivity index is 0.484. The first-order chi connectivity index (χ1) is 36.6. The van der Waals surface area contributed by atoms with Crippen LogP contribution in [-0.2, 0) is 22.7 Å². The van der Waals surface area contributed by atoms with Gasteiger partial charge in [-0.25, -0.2) is 0 Å². The average Bonchev–Trinajstić information content (AvgIpc) is 4.01. The van der Waals surface area contributed by atoms with E-state index < -0.39 is 0 Å². The van der Waals surface area contributed by atoms with Gasteiger partial charge >= 0.3 is 0 Å². The third-order valence-corrected chi connectivity index (χ3v) is 18.4. The second-order valence-corrected chi connectivity index (χ2v) is 23.0. The van der Waals surface area contributed by atoms with Crippen LogP contribution in [0, 0.1) is 0 Å². The minimum absolute atomic E-state index is 0.0838. The summed E-state index contributed by atoms with van der Waals surface area (Å²) in [6, 6.07) is 35.1. The van der Waals surface area contributed by atoms with E-state index in [0.717, 1.165) is 128 Å². The van der Waals surface area contributed by atoms with Gasteiger partial charge in [0.1, 0.15) is 36.8 Å². The smallest absolute Gasteiger partial charge is 0.219 e. The predicted molar refractivity (Wildman–Crippen MR) is 299 cm³/mol. The second kappa shape index (κ2) is 22.5. The van der Waals surface area contributed by atoms with E-state index in [1.54, 1.807) is 0 Å². The highest BCUT2D eigenvalue weighted by Gasteiger charge is 2.42. The van der Waals surface area contributed by atoms with Crippen LogP contribution in [0.4, 0.5) is 11.4 Å². The van der Waals surface area contributed by atoms with Gasteiger partial charge < -0.3 is 29.9 Å². The van der Waals surface area contributed by atoms with Gasteiger partial charge in [0, 0.05) is 121 Å². The summed E-state index contributed by atoms with van der Waals surface area (Å²) in [5.74, 6) is 2.35. The molecule has 0 spiro atoms. The molecule has 10 nitrogen and oxygen atoms in total. The Bertz CT molecular complexity index is 2940. The van der Waals surface area contributed by atoms with Crippen LogP contribution in [0.3, 0.4) is 0 Å². The number of benzene rings is 4. The number of para-hydroxylation sites is 2. The molecule has 6 aliphatic heterocycles. The van der Waals surface area contributed by atoms with Crippen molar-refractivity contribution in [2.45, 2.75) is 151 Å². The number of nitrogens with zero attached hydrogens (tertiary/aromatic N) is 4. The van der Waals surface area contributed by atoms with E-state index in [1.165, 1.54) is 101 Å². The summed E-state index contributed by atoms with van der Waals surface area (Å²) in [7, 11) is 0. The summed E-state index contributed by atoms with van der Waals surface area (Å²) in [5.41, 5.74) is 10.3. The van der Waals surface area contributed by atoms with Gasteiger partial charge in [-0.2, -0.15) is 9.13 Å². The average molecular weight is 1030 g/mol. The lowest BCUT2D eigenvalue weighted by Gasteiger charge is -2.37. The topological polar surface area (TPSA) is 90.9 Å². The first-order valence-electron chi connectivity index (χ1n) is 27.9. The van der Waals surface area contributed by atoms with Crippen LogP contribution in [0.25, 0.3) is 33.0 Å². The summed E-state index contributed by atoms with van der Waals surface area (Å²) in [6.07, 6.45) is 23.0. The molecular weight excluding hydrogens is 957 g/mol. The molecule has 2 aromatic heterocycles. The first-order valence-corrected chi connectivity index (χ1v) is 29.6. The number of nitrogens with one attached hydrogen (secondary N) is 2. The number of fused-ring (bicyclic) bond motifs is 10. The monoisotopic (exact) mass is 1030 g/mol. The van der Waals surface area contributed by atoms with Crippen molar-refractivity contribution in [3.63, 3.8) is 0 Å². The minimum Gasteiger partial charge on any atom is -0.485 e. The third-order valence-electron chi connectivity index (χ3n) is 16.0. The van der Waals surface area contributed by atoms with E-state index in [0.29, 0.717) is 12.8 Å². The summed E-state index contributed by atoms with van der Waals surface area (Å²) in [5, 5.41) is 11.4. The van der Waals surface area contributed by atoms with Gasteiger partial charge in [-0.15, -0.1) is 0 Å². The Labute approximate surface area is 445 Å². The van der Waals surface area contributed by atoms with Gasteiger partial charge in [0.2, 0.25) is 22.8 Å². The molecule has 2 N–H and O–H groups in total. The normalized spacial score (nSPS) is 17.6. The highest BCUT2D eigenvalue weighted by molar-refractivity contribution is 8.04. The van der Waals surface area contributed by atoms with Crippen molar-refractivity contribution in [3.8, 4) is 11.5 Å². The number of carbonyl (C=O) groups excluding carboxylic acids is 2. The molecule has 0 saturated heterocycles. The van der Waals surface area contributed by atoms with Crippen LogP contribution < -0.4 is 39.0 Å². The molecule has 2 atom stereocenters. The molecule has 0 radical (unpaired) electrons. The zero-order valence-electron chi connectivity index (χ0n) is 42.8. The molecule has 0 saturated carbocycles. The maximum atomic E-state index is 12.6. The Morgan fingerprint density at radius 2 is 0.932 bits per heavy atom. The minimum atomic E-state index is 0.0838. The van der Waals surface area contributed by atoms with Crippen LogP contribution in [-0.4, -0.2) is 50.2 Å². The molecule has 382 valence electrons. The van der Waals surface area contributed by atoms with Crippen molar-refractivity contribution in [2.24, 2.45) is 0 Å². The zero-order chi connectivity index (χ0) is 49.8. The number of carbonyl (C=O) groups is 2. The highest BCUT2D eigenvalue weighted by Crippen LogP contribution is 2.56. The molecule has 12 heteroatoms. The van der Waals surface area contributed by atoms with Crippen LogP contribution in [0.1, 0.15) is 127 Å². The fraction of sp³-hybridized carbons (Fsp3) is 0.419. The lowest BCUT2D eigenvalue weighted by atomic mass is 9.90. The predicted octanol–water partition coefficient (Wildman–Crippen LogP) is 12.6. The van der Waals surface area contributed by atoms with Crippen LogP contribution in [0.5, 0.6) is 11.5 Å². The molecule has 8 heterocycles. The van der Waals surface area contributed by atoms with E-state index in [1.807, 2.05) is 23.5 Å². The van der Waals surface area contributed by atoms with Gasteiger partial charge in [0.05, 0.1) is 32.2 Å². The largest absolute Gasteiger partial charge is 0.485 e. The molecule has 2 amide bonds. The zero-order valence-corrected chi connectivity index (χ0v) is 44.4. The molecule has 12 rings (SSSR count). The standard InChI is InChI=1S/C62H68N6O4S2/c69-55(29-9-7-17-37-65-39-31-43-57-47(65)23-19-25-49(57)71-51-33-41-67-45-21-11-13-27-53(45)73-61(67)59(43)51)63-35-15-5-3-1-2-4-6-16-36-64-56(70)30-10-8-18-38-66-40-32-44-58-48(66)24-20-26-50(58)72-52-34-42-68-46-22-12-14-28-54(46)74-62(68)60(44)52/h11-14,19-28,31-32,39-40,51-52H,1-10,15-18,29-30,33-38,41-42H2/p+2. The maximum Gasteiger partial charge on any atom is 0.219 e. The Hall–Kier alpha value is -5.98. The van der Waals surface area contributed by atoms with Crippen LogP contribution in [0.15, 0.2) is 129 Å². The number of amides is 2. The lowest BCUT2D eigenvalue weighted by Crippen LogP contribution is -2.38. The summed E-state index contributed by atoms with van der Waals surface area (Å²) in [6.45, 7) is 5.33. The number of anilines is 2. The van der Waals surface area contributed by atoms with E-state index in [-0.39, 0.29) is 24.0 Å². The van der Waals surface area contributed by atoms with Gasteiger partial charge in [0.15, 0.2) is 12.4 Å². The van der Waals surface area contributed by atoms with Crippen LogP contribution in [0.2, 0.25) is 0 Å². The van der Waals surface area contributed by atoms with E-state index in [9.17, 15) is 9.59 Å². The van der Waals surface area contributed by atoms with Gasteiger partial charge in [-0.05, 0) is 74.9 Å². The molecule has 2 unspecified atom stereocenters. The van der Waals surface area contributed by atoms with Crippen molar-refractivity contribution in [2.75, 3.05) is 36.0 Å². The summed E-state index contributed by atoms with van der Waals surface area (Å²) < 4.78 is 18.1. The molecule has 0 aliphatic carbocycles. The quantitative estimate of drug-likeness (QED) is 0.0485. The lowest BCUT2D eigenvalue weighted by molar-refractivity contribution is -0.672. The molecule has 0 fully saturated rings. The number of ether oxygens (including phenoxy) is 2. The van der Waals surface area contributed by atoms with Crippen molar-refractivity contribution in [1.82, 2.24) is 10.6 Å². The van der Waals surface area contributed by atoms with E-state index in [2.05, 4.69) is 139 Å². The first kappa shape index (κ1) is 48.9. The fourth-order valence-corrected chi connectivity index (χ4v) is 14.9. The number of aryl methyl sites for hydroxylation is 2. The number of unbranched alkanes of at least 4 members (excludes halogenated alkanes) is 11. The number of pyridine rings is 2. The van der Waals surface area contributed by atoms with Crippen molar-refractivity contribution < 1.29 is 28.2 Å². The fourth-order valence-electron chi connectivity index (χ4n) is 12.3. The molecule has 4 aromatic carbocycles. The highest BCUT2D eigenvalue weighted by atomic mass is 32.2. The van der Waals surface area contributed by atoms with Gasteiger partial charge in [0.25, 0.3) is 0 Å². The number of thioether (sulfide) groups is 2. The molecule has 6 aliphatic rings. The van der Waals surface area contributed by atoms with Crippen molar-refractivity contribution >= 4 is 79.7 Å². The Morgan fingerprint density at radius 3 is 1.41 bits per heavy atom. The molecule has 0 bridgehead atoms. The molecule has 6 aromatic rings. The van der Waals surface area contributed by atoms with Gasteiger partial charge in [-0.3, -0.25) is 9.59 Å². The van der Waals surface area contributed by atoms with Crippen molar-refractivity contribution in [3.05, 3.63) is 131 Å². The van der Waals surface area contributed by atoms with E-state index >= 15 is 0 Å². The molecular formula is C62H70N6O4S2+2. The van der Waals surface area contributed by atoms with Crippen LogP contribution >= 0.6 is 23.5 Å². The number of aromatic nitrogens is 2. The summed E-state index contributed by atoms with van der Waals surface area (Å²) >= 11 is 3.76. The summed E-state index contributed by atoms with van der Waals surface area (Å²) in [4.78, 5) is 32.9. The van der Waals surface area contributed by atoms with E-state index in [4.69, 9.17) is 9.47 Å². The van der Waals surface area contributed by atoms with Gasteiger partial charge in [-0.1, -0.05) is 98.4 Å². The maximum absolute atomic E-state index is 12.6. The molecule has 74 heavy (non-hydrogen) atoms. The number of hydrogen-bond donors (Lipinski definition) is 2. The number of hydrogen-bond acceptors (Lipinski definition) is 8. The second-order valence-electron chi connectivity index (χ2n) is 21.0. The third kappa shape index (κ3) is 10.0. The van der Waals surface area contributed by atoms with Crippen molar-refractivity contribution in [1.29, 1.82) is 0 Å². The Morgan fingerprint density at radius 1 is 0.500 bits per heavy atom. The number of rotatable bonds is 23. The Kier molecular flexibility index (Phi) is 14.9. The SMILES string of the molecule is O=C(CCCCC[n+]1ccc2c3c(cccc31)OC1CCN3C(=C21)Sc1ccccc13)NCCCCCCCCCCNC(=O)CCCCC[n+]1ccc2c3c(cccc31)OC1CCN3C(=C21)Sc1ccccc13.